The van der Waals surface area contributed by atoms with E-state index in [1.165, 1.54) is 0 Å². The Hall–Kier alpha value is -1.85. The van der Waals surface area contributed by atoms with E-state index in [9.17, 15) is 4.79 Å². The smallest absolute Gasteiger partial charge is 0.318 e. The predicted octanol–water partition coefficient (Wildman–Crippen LogP) is 2.45. The van der Waals surface area contributed by atoms with E-state index in [0.29, 0.717) is 19.6 Å². The summed E-state index contributed by atoms with van der Waals surface area (Å²) in [6, 6.07) is 11.6. The molecule has 0 atom stereocenters. The third-order valence-electron chi connectivity index (χ3n) is 2.90. The molecule has 0 aliphatic carbocycles. The fourth-order valence-electron chi connectivity index (χ4n) is 1.86. The van der Waals surface area contributed by atoms with Gasteiger partial charge in [0.2, 0.25) is 0 Å². The third kappa shape index (κ3) is 4.36. The van der Waals surface area contributed by atoms with Crippen LogP contribution in [-0.4, -0.2) is 29.2 Å². The van der Waals surface area contributed by atoms with Gasteiger partial charge in [-0.2, -0.15) is 11.3 Å². The minimum atomic E-state index is -0.158. The summed E-state index contributed by atoms with van der Waals surface area (Å²) in [4.78, 5) is 13.8. The Morgan fingerprint density at radius 3 is 2.65 bits per heavy atom. The van der Waals surface area contributed by atoms with Crippen LogP contribution in [0.2, 0.25) is 0 Å². The largest absolute Gasteiger partial charge is 0.395 e. The zero-order valence-electron chi connectivity index (χ0n) is 11.2. The Morgan fingerprint density at radius 2 is 2.00 bits per heavy atom. The molecule has 0 aliphatic rings. The molecule has 0 spiro atoms. The Labute approximate surface area is 122 Å². The zero-order valence-corrected chi connectivity index (χ0v) is 12.0. The van der Waals surface area contributed by atoms with Gasteiger partial charge in [-0.05, 0) is 28.0 Å². The van der Waals surface area contributed by atoms with Crippen LogP contribution in [0.15, 0.2) is 47.2 Å². The number of rotatable bonds is 6. The molecule has 0 unspecified atom stereocenters. The molecule has 2 amide bonds. The second-order valence-corrected chi connectivity index (χ2v) is 5.20. The second kappa shape index (κ2) is 7.67. The number of hydrogen-bond donors (Lipinski definition) is 2. The molecule has 0 aliphatic heterocycles. The van der Waals surface area contributed by atoms with Gasteiger partial charge in [0.15, 0.2) is 0 Å². The molecule has 1 aromatic heterocycles. The molecule has 0 radical (unpaired) electrons. The molecule has 1 heterocycles. The summed E-state index contributed by atoms with van der Waals surface area (Å²) in [5.41, 5.74) is 2.14. The molecule has 0 saturated carbocycles. The third-order valence-corrected chi connectivity index (χ3v) is 3.63. The Balaban J connectivity index is 1.91. The van der Waals surface area contributed by atoms with Crippen LogP contribution in [0.1, 0.15) is 11.1 Å². The van der Waals surface area contributed by atoms with Crippen LogP contribution in [0.4, 0.5) is 4.79 Å². The maximum Gasteiger partial charge on any atom is 0.318 e. The molecular weight excluding hydrogens is 272 g/mol. The van der Waals surface area contributed by atoms with Crippen molar-refractivity contribution in [2.24, 2.45) is 0 Å². The Morgan fingerprint density at radius 1 is 1.20 bits per heavy atom. The van der Waals surface area contributed by atoms with Crippen molar-refractivity contribution in [1.29, 1.82) is 0 Å². The van der Waals surface area contributed by atoms with Crippen LogP contribution in [-0.2, 0) is 13.1 Å². The van der Waals surface area contributed by atoms with E-state index in [1.54, 1.807) is 16.2 Å². The number of hydrogen-bond acceptors (Lipinski definition) is 3. The van der Waals surface area contributed by atoms with Gasteiger partial charge in [-0.25, -0.2) is 4.79 Å². The Bertz CT molecular complexity index is 514. The number of amides is 2. The minimum absolute atomic E-state index is 0.0430. The fourth-order valence-corrected chi connectivity index (χ4v) is 2.53. The van der Waals surface area contributed by atoms with E-state index < -0.39 is 0 Å². The summed E-state index contributed by atoms with van der Waals surface area (Å²) in [6.45, 7) is 1.29. The normalized spacial score (nSPS) is 10.2. The number of aliphatic hydroxyl groups excluding tert-OH is 1. The van der Waals surface area contributed by atoms with Gasteiger partial charge in [0, 0.05) is 19.6 Å². The van der Waals surface area contributed by atoms with E-state index >= 15 is 0 Å². The van der Waals surface area contributed by atoms with E-state index in [1.807, 2.05) is 47.2 Å². The van der Waals surface area contributed by atoms with Gasteiger partial charge in [0.25, 0.3) is 0 Å². The van der Waals surface area contributed by atoms with Crippen LogP contribution in [0.5, 0.6) is 0 Å². The minimum Gasteiger partial charge on any atom is -0.395 e. The first-order chi connectivity index (χ1) is 9.79. The average molecular weight is 290 g/mol. The summed E-state index contributed by atoms with van der Waals surface area (Å²) in [6.07, 6.45) is 0. The van der Waals surface area contributed by atoms with Gasteiger partial charge in [-0.15, -0.1) is 0 Å². The zero-order chi connectivity index (χ0) is 14.2. The van der Waals surface area contributed by atoms with Crippen molar-refractivity contribution >= 4 is 17.4 Å². The molecule has 0 saturated heterocycles. The van der Waals surface area contributed by atoms with Crippen molar-refractivity contribution in [2.75, 3.05) is 13.2 Å². The first-order valence-electron chi connectivity index (χ1n) is 6.48. The molecule has 2 aromatic rings. The van der Waals surface area contributed by atoms with Crippen LogP contribution < -0.4 is 5.32 Å². The summed E-state index contributed by atoms with van der Waals surface area (Å²) in [7, 11) is 0. The molecule has 5 heteroatoms. The van der Waals surface area contributed by atoms with Crippen molar-refractivity contribution in [1.82, 2.24) is 10.2 Å². The van der Waals surface area contributed by atoms with E-state index in [0.717, 1.165) is 11.1 Å². The molecule has 1 aromatic carbocycles. The molecular formula is C15H18N2O2S. The van der Waals surface area contributed by atoms with E-state index in [-0.39, 0.29) is 12.6 Å². The second-order valence-electron chi connectivity index (χ2n) is 4.42. The number of nitrogens with one attached hydrogen (secondary N) is 1. The van der Waals surface area contributed by atoms with Gasteiger partial charge in [0.1, 0.15) is 0 Å². The van der Waals surface area contributed by atoms with E-state index in [2.05, 4.69) is 5.32 Å². The van der Waals surface area contributed by atoms with Crippen LogP contribution in [0, 0.1) is 0 Å². The summed E-state index contributed by atoms with van der Waals surface area (Å²) in [5, 5.41) is 16.0. The highest BCUT2D eigenvalue weighted by atomic mass is 32.1. The lowest BCUT2D eigenvalue weighted by Gasteiger charge is -2.22. The highest BCUT2D eigenvalue weighted by Gasteiger charge is 2.12. The number of carbonyl (C=O) groups is 1. The first kappa shape index (κ1) is 14.6. The molecule has 0 bridgehead atoms. The fraction of sp³-hybridized carbons (Fsp3) is 0.267. The van der Waals surface area contributed by atoms with Gasteiger partial charge in [-0.3, -0.25) is 0 Å². The maximum atomic E-state index is 12.1. The molecule has 0 fully saturated rings. The topological polar surface area (TPSA) is 52.6 Å². The lowest BCUT2D eigenvalue weighted by atomic mass is 10.2. The van der Waals surface area contributed by atoms with Crippen molar-refractivity contribution in [3.05, 3.63) is 58.3 Å². The number of carbonyl (C=O) groups excluding carboxylic acids is 1. The molecule has 20 heavy (non-hydrogen) atoms. The van der Waals surface area contributed by atoms with E-state index in [4.69, 9.17) is 5.11 Å². The highest BCUT2D eigenvalue weighted by Crippen LogP contribution is 2.07. The maximum absolute atomic E-state index is 12.1. The average Bonchev–Trinajstić information content (AvgIpc) is 2.99. The lowest BCUT2D eigenvalue weighted by Crippen LogP contribution is -2.40. The van der Waals surface area contributed by atoms with Crippen LogP contribution in [0.25, 0.3) is 0 Å². The van der Waals surface area contributed by atoms with Crippen molar-refractivity contribution in [3.8, 4) is 0 Å². The SMILES string of the molecule is O=C(NCc1ccsc1)N(CCO)Cc1ccccc1. The van der Waals surface area contributed by atoms with Crippen molar-refractivity contribution in [3.63, 3.8) is 0 Å². The standard InChI is InChI=1S/C15H18N2O2S/c18-8-7-17(11-13-4-2-1-3-5-13)15(19)16-10-14-6-9-20-12-14/h1-6,9,12,18H,7-8,10-11H2,(H,16,19). The number of urea groups is 1. The quantitative estimate of drug-likeness (QED) is 0.858. The molecule has 106 valence electrons. The number of thiophene rings is 1. The Kier molecular flexibility index (Phi) is 5.58. The predicted molar refractivity (Wildman–Crippen MR) is 80.5 cm³/mol. The first-order valence-corrected chi connectivity index (χ1v) is 7.42. The summed E-state index contributed by atoms with van der Waals surface area (Å²) >= 11 is 1.61. The lowest BCUT2D eigenvalue weighted by molar-refractivity contribution is 0.173. The van der Waals surface area contributed by atoms with Crippen LogP contribution in [0.3, 0.4) is 0 Å². The van der Waals surface area contributed by atoms with Crippen molar-refractivity contribution in [2.45, 2.75) is 13.1 Å². The monoisotopic (exact) mass is 290 g/mol. The van der Waals surface area contributed by atoms with Crippen molar-refractivity contribution < 1.29 is 9.90 Å². The summed E-state index contributed by atoms with van der Waals surface area (Å²) < 4.78 is 0. The van der Waals surface area contributed by atoms with Gasteiger partial charge in [0.05, 0.1) is 6.61 Å². The highest BCUT2D eigenvalue weighted by molar-refractivity contribution is 7.07. The van der Waals surface area contributed by atoms with Crippen LogP contribution >= 0.6 is 11.3 Å². The number of aliphatic hydroxyl groups is 1. The molecule has 2 N–H and O–H groups in total. The molecule has 4 nitrogen and oxygen atoms in total. The van der Waals surface area contributed by atoms with Gasteiger partial charge >= 0.3 is 6.03 Å². The molecule has 2 rings (SSSR count). The number of nitrogens with zero attached hydrogens (tertiary/aromatic N) is 1. The van der Waals surface area contributed by atoms with Gasteiger partial charge < -0.3 is 15.3 Å². The number of benzene rings is 1. The van der Waals surface area contributed by atoms with Gasteiger partial charge in [-0.1, -0.05) is 30.3 Å². The summed E-state index contributed by atoms with van der Waals surface area (Å²) in [5.74, 6) is 0.